The largest absolute Gasteiger partial charge is 0.480 e. The number of nitrogens with zero attached hydrogens (tertiary/aromatic N) is 2. The van der Waals surface area contributed by atoms with Crippen molar-refractivity contribution in [1.82, 2.24) is 8.54 Å². The number of carboxylic acid groups (broad SMARTS) is 1. The summed E-state index contributed by atoms with van der Waals surface area (Å²) in [6.45, 7) is 1.55. The lowest BCUT2D eigenvalue weighted by Gasteiger charge is -2.09. The van der Waals surface area contributed by atoms with Crippen LogP contribution >= 0.6 is 0 Å². The van der Waals surface area contributed by atoms with E-state index in [9.17, 15) is 22.7 Å². The van der Waals surface area contributed by atoms with E-state index in [1.807, 2.05) is 0 Å². The summed E-state index contributed by atoms with van der Waals surface area (Å²) < 4.78 is 42.3. The van der Waals surface area contributed by atoms with Crippen LogP contribution in [0.15, 0.2) is 71.9 Å². The molecule has 0 amide bonds. The fourth-order valence-electron chi connectivity index (χ4n) is 3.71. The molecule has 2 heterocycles. The molecule has 154 valence electrons. The summed E-state index contributed by atoms with van der Waals surface area (Å²) in [5.41, 5.74) is 2.82. The molecule has 0 aliphatic heterocycles. The van der Waals surface area contributed by atoms with E-state index in [-0.39, 0.29) is 11.4 Å². The maximum atomic E-state index is 13.9. The predicted molar refractivity (Wildman–Crippen MR) is 111 cm³/mol. The number of benzene rings is 2. The highest BCUT2D eigenvalue weighted by molar-refractivity contribution is 7.90. The summed E-state index contributed by atoms with van der Waals surface area (Å²) in [6, 6.07) is 14.1. The Morgan fingerprint density at radius 2 is 1.80 bits per heavy atom. The number of fused-ring (bicyclic) bond motifs is 1. The van der Waals surface area contributed by atoms with Crippen molar-refractivity contribution in [3.63, 3.8) is 0 Å². The van der Waals surface area contributed by atoms with Crippen LogP contribution in [-0.2, 0) is 27.8 Å². The van der Waals surface area contributed by atoms with Gasteiger partial charge in [-0.2, -0.15) is 0 Å². The number of carboxylic acids is 1. The SMILES string of the molecule is Cc1c(Cc2cccc(S(=O)(=O)n3cccc3)c2)c2cc(F)ccc2n1CC(=O)O. The first-order valence-electron chi connectivity index (χ1n) is 9.24. The van der Waals surface area contributed by atoms with Gasteiger partial charge in [-0.05, 0) is 66.9 Å². The summed E-state index contributed by atoms with van der Waals surface area (Å²) in [5, 5.41) is 9.87. The summed E-state index contributed by atoms with van der Waals surface area (Å²) in [5.74, 6) is -1.41. The number of aromatic nitrogens is 2. The Balaban J connectivity index is 1.79. The molecule has 0 bridgehead atoms. The highest BCUT2D eigenvalue weighted by atomic mass is 32.2. The Bertz CT molecular complexity index is 1360. The van der Waals surface area contributed by atoms with E-state index in [0.717, 1.165) is 15.1 Å². The minimum Gasteiger partial charge on any atom is -0.480 e. The maximum Gasteiger partial charge on any atom is 0.323 e. The molecule has 0 spiro atoms. The molecule has 0 radical (unpaired) electrons. The van der Waals surface area contributed by atoms with Gasteiger partial charge in [0.15, 0.2) is 0 Å². The number of carbonyl (C=O) groups is 1. The molecule has 2 aromatic heterocycles. The van der Waals surface area contributed by atoms with Crippen LogP contribution in [0.5, 0.6) is 0 Å². The Labute approximate surface area is 172 Å². The van der Waals surface area contributed by atoms with Gasteiger partial charge in [-0.3, -0.25) is 4.79 Å². The van der Waals surface area contributed by atoms with Crippen LogP contribution in [0, 0.1) is 12.7 Å². The van der Waals surface area contributed by atoms with Crippen LogP contribution in [0.2, 0.25) is 0 Å². The smallest absolute Gasteiger partial charge is 0.323 e. The molecule has 0 atom stereocenters. The summed E-state index contributed by atoms with van der Waals surface area (Å²) >= 11 is 0. The van der Waals surface area contributed by atoms with Gasteiger partial charge in [0.1, 0.15) is 12.4 Å². The van der Waals surface area contributed by atoms with Crippen LogP contribution in [0.25, 0.3) is 10.9 Å². The van der Waals surface area contributed by atoms with Gasteiger partial charge in [-0.15, -0.1) is 0 Å². The van der Waals surface area contributed by atoms with Crippen molar-refractivity contribution in [2.24, 2.45) is 0 Å². The second-order valence-electron chi connectivity index (χ2n) is 7.05. The fourth-order valence-corrected chi connectivity index (χ4v) is 4.96. The molecule has 0 unspecified atom stereocenters. The number of hydrogen-bond donors (Lipinski definition) is 1. The quantitative estimate of drug-likeness (QED) is 0.508. The normalized spacial score (nSPS) is 11.8. The second-order valence-corrected chi connectivity index (χ2v) is 8.89. The highest BCUT2D eigenvalue weighted by Crippen LogP contribution is 2.29. The van der Waals surface area contributed by atoms with Crippen molar-refractivity contribution in [2.75, 3.05) is 0 Å². The molecule has 0 aliphatic rings. The van der Waals surface area contributed by atoms with Gasteiger partial charge < -0.3 is 9.67 Å². The van der Waals surface area contributed by atoms with E-state index in [1.165, 1.54) is 30.6 Å². The van der Waals surface area contributed by atoms with Gasteiger partial charge in [0.05, 0.1) is 4.90 Å². The van der Waals surface area contributed by atoms with Gasteiger partial charge in [0, 0.05) is 29.0 Å². The average Bonchev–Trinajstić information content (AvgIpc) is 3.32. The van der Waals surface area contributed by atoms with E-state index in [1.54, 1.807) is 47.9 Å². The first kappa shape index (κ1) is 19.9. The molecule has 4 aromatic rings. The summed E-state index contributed by atoms with van der Waals surface area (Å²) in [6.07, 6.45) is 3.27. The third kappa shape index (κ3) is 3.50. The van der Waals surface area contributed by atoms with Crippen molar-refractivity contribution < 1.29 is 22.7 Å². The summed E-state index contributed by atoms with van der Waals surface area (Å²) in [7, 11) is -3.71. The molecule has 2 aromatic carbocycles. The van der Waals surface area contributed by atoms with Crippen LogP contribution in [0.1, 0.15) is 16.8 Å². The van der Waals surface area contributed by atoms with Crippen molar-refractivity contribution in [2.45, 2.75) is 24.8 Å². The topological polar surface area (TPSA) is 81.3 Å². The molecular formula is C22H19FN2O4S. The van der Waals surface area contributed by atoms with Crippen molar-refractivity contribution in [3.8, 4) is 0 Å². The van der Waals surface area contributed by atoms with E-state index in [0.29, 0.717) is 23.0 Å². The van der Waals surface area contributed by atoms with Crippen molar-refractivity contribution >= 4 is 26.9 Å². The maximum absolute atomic E-state index is 13.9. The number of halogens is 1. The Morgan fingerprint density at radius 1 is 1.07 bits per heavy atom. The first-order valence-corrected chi connectivity index (χ1v) is 10.7. The zero-order valence-electron chi connectivity index (χ0n) is 16.1. The molecule has 6 nitrogen and oxygen atoms in total. The van der Waals surface area contributed by atoms with Gasteiger partial charge in [-0.1, -0.05) is 12.1 Å². The van der Waals surface area contributed by atoms with Crippen LogP contribution in [-0.4, -0.2) is 28.0 Å². The molecule has 0 fully saturated rings. The molecule has 0 saturated carbocycles. The van der Waals surface area contributed by atoms with Gasteiger partial charge in [0.25, 0.3) is 10.0 Å². The Kier molecular flexibility index (Phi) is 4.95. The Morgan fingerprint density at radius 3 is 2.50 bits per heavy atom. The zero-order chi connectivity index (χ0) is 21.5. The lowest BCUT2D eigenvalue weighted by Crippen LogP contribution is -2.11. The van der Waals surface area contributed by atoms with Crippen LogP contribution < -0.4 is 0 Å². The first-order chi connectivity index (χ1) is 14.3. The molecular weight excluding hydrogens is 407 g/mol. The van der Waals surface area contributed by atoms with E-state index >= 15 is 0 Å². The molecule has 0 aliphatic carbocycles. The lowest BCUT2D eigenvalue weighted by atomic mass is 10.0. The third-order valence-corrected chi connectivity index (χ3v) is 6.79. The minimum absolute atomic E-state index is 0.148. The standard InChI is InChI=1S/C22H19FN2O4S/c1-15-19(20-13-17(23)7-8-21(20)25(15)14-22(26)27)12-16-5-4-6-18(11-16)30(28,29)24-9-2-3-10-24/h2-11,13H,12,14H2,1H3,(H,26,27). The number of aliphatic carboxylic acids is 1. The highest BCUT2D eigenvalue weighted by Gasteiger charge is 2.19. The molecule has 1 N–H and O–H groups in total. The monoisotopic (exact) mass is 426 g/mol. The van der Waals surface area contributed by atoms with Crippen molar-refractivity contribution in [1.29, 1.82) is 0 Å². The second kappa shape index (κ2) is 7.46. The van der Waals surface area contributed by atoms with E-state index in [4.69, 9.17) is 0 Å². The number of rotatable bonds is 6. The van der Waals surface area contributed by atoms with Crippen LogP contribution in [0.3, 0.4) is 0 Å². The van der Waals surface area contributed by atoms with Gasteiger partial charge in [0.2, 0.25) is 0 Å². The van der Waals surface area contributed by atoms with Crippen molar-refractivity contribution in [3.05, 3.63) is 89.6 Å². The molecule has 30 heavy (non-hydrogen) atoms. The number of hydrogen-bond acceptors (Lipinski definition) is 3. The van der Waals surface area contributed by atoms with Gasteiger partial charge >= 0.3 is 5.97 Å². The average molecular weight is 426 g/mol. The predicted octanol–water partition coefficient (Wildman–Crippen LogP) is 3.80. The molecule has 8 heteroatoms. The fraction of sp³-hybridized carbons (Fsp3) is 0.136. The van der Waals surface area contributed by atoms with E-state index in [2.05, 4.69) is 0 Å². The Hall–Kier alpha value is -3.39. The van der Waals surface area contributed by atoms with Gasteiger partial charge in [-0.25, -0.2) is 16.8 Å². The summed E-state index contributed by atoms with van der Waals surface area (Å²) in [4.78, 5) is 11.5. The molecule has 4 rings (SSSR count). The minimum atomic E-state index is -3.71. The molecule has 0 saturated heterocycles. The third-order valence-electron chi connectivity index (χ3n) is 5.14. The van der Waals surface area contributed by atoms with Crippen LogP contribution in [0.4, 0.5) is 4.39 Å². The lowest BCUT2D eigenvalue weighted by molar-refractivity contribution is -0.137. The van der Waals surface area contributed by atoms with E-state index < -0.39 is 21.8 Å². The zero-order valence-corrected chi connectivity index (χ0v) is 16.9.